The minimum Gasteiger partial charge on any atom is -0.385 e. The summed E-state index contributed by atoms with van der Waals surface area (Å²) in [5.74, 6) is 0.0294. The molecule has 1 aromatic rings. The average Bonchev–Trinajstić information content (AvgIpc) is 2.29. The molecule has 88 valence electrons. The number of carbonyl (C=O) groups is 1. The third-order valence-electron chi connectivity index (χ3n) is 2.01. The average molecular weight is 287 g/mol. The number of aromatic nitrogens is 1. The van der Waals surface area contributed by atoms with E-state index in [0.717, 1.165) is 16.6 Å². The van der Waals surface area contributed by atoms with E-state index in [0.29, 0.717) is 19.6 Å². The normalized spacial score (nSPS) is 10.1. The standard InChI is InChI=1S/C11H15BrN2O2/c1-16-6-2-3-11(15)14-8-10-5-4-9(12)7-13-10/h4-5,7H,2-3,6,8H2,1H3,(H,14,15). The van der Waals surface area contributed by atoms with Crippen molar-refractivity contribution in [3.05, 3.63) is 28.5 Å². The number of rotatable bonds is 6. The zero-order valence-corrected chi connectivity index (χ0v) is 10.8. The number of hydrogen-bond acceptors (Lipinski definition) is 3. The molecule has 0 aliphatic heterocycles. The first-order valence-electron chi connectivity index (χ1n) is 5.08. The number of halogens is 1. The zero-order chi connectivity index (χ0) is 11.8. The van der Waals surface area contributed by atoms with Crippen LogP contribution in [0.2, 0.25) is 0 Å². The largest absolute Gasteiger partial charge is 0.385 e. The van der Waals surface area contributed by atoms with Crippen molar-refractivity contribution in [1.29, 1.82) is 0 Å². The number of nitrogens with zero attached hydrogens (tertiary/aromatic N) is 1. The molecule has 4 nitrogen and oxygen atoms in total. The number of nitrogens with one attached hydrogen (secondary N) is 1. The van der Waals surface area contributed by atoms with E-state index in [4.69, 9.17) is 4.74 Å². The molecule has 1 amide bonds. The summed E-state index contributed by atoms with van der Waals surface area (Å²) >= 11 is 3.30. The maximum absolute atomic E-state index is 11.4. The van der Waals surface area contributed by atoms with Gasteiger partial charge in [0.1, 0.15) is 0 Å². The van der Waals surface area contributed by atoms with Crippen molar-refractivity contribution in [2.24, 2.45) is 0 Å². The quantitative estimate of drug-likeness (QED) is 0.813. The van der Waals surface area contributed by atoms with Crippen molar-refractivity contribution in [3.8, 4) is 0 Å². The van der Waals surface area contributed by atoms with E-state index in [1.807, 2.05) is 12.1 Å². The maximum Gasteiger partial charge on any atom is 0.220 e. The SMILES string of the molecule is COCCCC(=O)NCc1ccc(Br)cn1. The molecule has 0 aromatic carbocycles. The number of pyridine rings is 1. The lowest BCUT2D eigenvalue weighted by Gasteiger charge is -2.04. The lowest BCUT2D eigenvalue weighted by molar-refractivity contribution is -0.121. The zero-order valence-electron chi connectivity index (χ0n) is 9.20. The van der Waals surface area contributed by atoms with Crippen LogP contribution in [0.3, 0.4) is 0 Å². The molecule has 5 heteroatoms. The van der Waals surface area contributed by atoms with E-state index in [9.17, 15) is 4.79 Å². The summed E-state index contributed by atoms with van der Waals surface area (Å²) in [6.07, 6.45) is 2.95. The summed E-state index contributed by atoms with van der Waals surface area (Å²) in [6.45, 7) is 1.09. The van der Waals surface area contributed by atoms with Crippen LogP contribution in [0.5, 0.6) is 0 Å². The Hall–Kier alpha value is -0.940. The predicted octanol–water partition coefficient (Wildman–Crippen LogP) is 1.89. The van der Waals surface area contributed by atoms with E-state index in [-0.39, 0.29) is 5.91 Å². The molecule has 0 aliphatic rings. The van der Waals surface area contributed by atoms with Crippen molar-refractivity contribution >= 4 is 21.8 Å². The molecule has 1 rings (SSSR count). The highest BCUT2D eigenvalue weighted by atomic mass is 79.9. The van der Waals surface area contributed by atoms with Crippen LogP contribution in [0.25, 0.3) is 0 Å². The van der Waals surface area contributed by atoms with Crippen molar-refractivity contribution in [2.75, 3.05) is 13.7 Å². The minimum atomic E-state index is 0.0294. The van der Waals surface area contributed by atoms with Gasteiger partial charge in [-0.2, -0.15) is 0 Å². The van der Waals surface area contributed by atoms with Gasteiger partial charge in [-0.3, -0.25) is 9.78 Å². The van der Waals surface area contributed by atoms with Crippen LogP contribution in [-0.2, 0) is 16.1 Å². The van der Waals surface area contributed by atoms with Crippen LogP contribution < -0.4 is 5.32 Å². The fourth-order valence-corrected chi connectivity index (χ4v) is 1.40. The van der Waals surface area contributed by atoms with Gasteiger partial charge in [0.15, 0.2) is 0 Å². The molecule has 0 spiro atoms. The fourth-order valence-electron chi connectivity index (χ4n) is 1.17. The smallest absolute Gasteiger partial charge is 0.220 e. The number of ether oxygens (including phenoxy) is 1. The van der Waals surface area contributed by atoms with Crippen molar-refractivity contribution in [1.82, 2.24) is 10.3 Å². The van der Waals surface area contributed by atoms with Crippen LogP contribution >= 0.6 is 15.9 Å². The maximum atomic E-state index is 11.4. The van der Waals surface area contributed by atoms with Crippen molar-refractivity contribution in [3.63, 3.8) is 0 Å². The Bertz CT molecular complexity index is 327. The van der Waals surface area contributed by atoms with E-state index in [1.54, 1.807) is 13.3 Å². The Labute approximate surface area is 104 Å². The number of carbonyl (C=O) groups excluding carboxylic acids is 1. The Morgan fingerprint density at radius 2 is 2.38 bits per heavy atom. The first kappa shape index (κ1) is 13.1. The molecule has 0 atom stereocenters. The van der Waals surface area contributed by atoms with E-state index >= 15 is 0 Å². The Balaban J connectivity index is 2.23. The van der Waals surface area contributed by atoms with Gasteiger partial charge in [-0.15, -0.1) is 0 Å². The summed E-state index contributed by atoms with van der Waals surface area (Å²) < 4.78 is 5.80. The number of hydrogen-bond donors (Lipinski definition) is 1. The lowest BCUT2D eigenvalue weighted by Crippen LogP contribution is -2.23. The minimum absolute atomic E-state index is 0.0294. The van der Waals surface area contributed by atoms with Crippen LogP contribution in [0.15, 0.2) is 22.8 Å². The molecule has 0 fully saturated rings. The molecule has 0 radical (unpaired) electrons. The van der Waals surface area contributed by atoms with Crippen LogP contribution in [0.4, 0.5) is 0 Å². The second-order valence-corrected chi connectivity index (χ2v) is 4.26. The molecular weight excluding hydrogens is 272 g/mol. The van der Waals surface area contributed by atoms with Gasteiger partial charge in [-0.1, -0.05) is 0 Å². The van der Waals surface area contributed by atoms with Gasteiger partial charge in [0.05, 0.1) is 12.2 Å². The first-order chi connectivity index (χ1) is 7.72. The predicted molar refractivity (Wildman–Crippen MR) is 64.9 cm³/mol. The number of amides is 1. The molecule has 1 N–H and O–H groups in total. The molecular formula is C11H15BrN2O2. The Morgan fingerprint density at radius 3 is 3.00 bits per heavy atom. The third kappa shape index (κ3) is 5.23. The first-order valence-corrected chi connectivity index (χ1v) is 5.87. The molecule has 1 aromatic heterocycles. The molecule has 1 heterocycles. The Kier molecular flexibility index (Phi) is 6.03. The van der Waals surface area contributed by atoms with Gasteiger partial charge >= 0.3 is 0 Å². The van der Waals surface area contributed by atoms with Crippen LogP contribution in [-0.4, -0.2) is 24.6 Å². The monoisotopic (exact) mass is 286 g/mol. The van der Waals surface area contributed by atoms with Crippen LogP contribution in [0.1, 0.15) is 18.5 Å². The second kappa shape index (κ2) is 7.35. The summed E-state index contributed by atoms with van der Waals surface area (Å²) in [5, 5.41) is 2.81. The van der Waals surface area contributed by atoms with Crippen molar-refractivity contribution in [2.45, 2.75) is 19.4 Å². The summed E-state index contributed by atoms with van der Waals surface area (Å²) in [6, 6.07) is 3.78. The summed E-state index contributed by atoms with van der Waals surface area (Å²) in [7, 11) is 1.63. The summed E-state index contributed by atoms with van der Waals surface area (Å²) in [5.41, 5.74) is 0.850. The molecule has 16 heavy (non-hydrogen) atoms. The summed E-state index contributed by atoms with van der Waals surface area (Å²) in [4.78, 5) is 15.5. The third-order valence-corrected chi connectivity index (χ3v) is 2.48. The van der Waals surface area contributed by atoms with E-state index in [2.05, 4.69) is 26.2 Å². The van der Waals surface area contributed by atoms with Gasteiger partial charge in [-0.25, -0.2) is 0 Å². The van der Waals surface area contributed by atoms with E-state index in [1.165, 1.54) is 0 Å². The molecule has 0 saturated carbocycles. The number of methoxy groups -OCH3 is 1. The van der Waals surface area contributed by atoms with E-state index < -0.39 is 0 Å². The topological polar surface area (TPSA) is 51.2 Å². The van der Waals surface area contributed by atoms with Gasteiger partial charge in [0.2, 0.25) is 5.91 Å². The molecule has 0 saturated heterocycles. The van der Waals surface area contributed by atoms with Gasteiger partial charge in [0, 0.05) is 30.8 Å². The Morgan fingerprint density at radius 1 is 1.56 bits per heavy atom. The highest BCUT2D eigenvalue weighted by molar-refractivity contribution is 9.10. The molecule has 0 unspecified atom stereocenters. The van der Waals surface area contributed by atoms with Crippen molar-refractivity contribution < 1.29 is 9.53 Å². The highest BCUT2D eigenvalue weighted by Gasteiger charge is 2.01. The van der Waals surface area contributed by atoms with Crippen LogP contribution in [0, 0.1) is 0 Å². The molecule has 0 aliphatic carbocycles. The fraction of sp³-hybridized carbons (Fsp3) is 0.455. The molecule has 0 bridgehead atoms. The van der Waals surface area contributed by atoms with Gasteiger partial charge < -0.3 is 10.1 Å². The van der Waals surface area contributed by atoms with Gasteiger partial charge in [-0.05, 0) is 34.5 Å². The highest BCUT2D eigenvalue weighted by Crippen LogP contribution is 2.07. The lowest BCUT2D eigenvalue weighted by atomic mass is 10.3. The second-order valence-electron chi connectivity index (χ2n) is 3.34. The van der Waals surface area contributed by atoms with Gasteiger partial charge in [0.25, 0.3) is 0 Å².